The molecule has 0 N–H and O–H groups in total. The first kappa shape index (κ1) is 19.3. The maximum absolute atomic E-state index is 6.17. The van der Waals surface area contributed by atoms with Crippen molar-refractivity contribution in [1.82, 2.24) is 4.90 Å². The van der Waals surface area contributed by atoms with Crippen LogP contribution < -0.4 is 4.74 Å². The summed E-state index contributed by atoms with van der Waals surface area (Å²) in [6.45, 7) is 10.8. The van der Waals surface area contributed by atoms with E-state index in [9.17, 15) is 0 Å². The van der Waals surface area contributed by atoms with E-state index in [-0.39, 0.29) is 0 Å². The molecule has 0 aliphatic heterocycles. The van der Waals surface area contributed by atoms with Crippen molar-refractivity contribution in [3.63, 3.8) is 0 Å². The number of ether oxygens (including phenoxy) is 1. The molecule has 0 saturated heterocycles. The largest absolute Gasteiger partial charge is 0.492 e. The van der Waals surface area contributed by atoms with Gasteiger partial charge in [-0.1, -0.05) is 50.3 Å². The third-order valence-electron chi connectivity index (χ3n) is 5.45. The molecular formula is C22H37NO. The lowest BCUT2D eigenvalue weighted by Crippen LogP contribution is -2.39. The standard InChI is InChI=1S/C22H37NO/c1-18(2)23(19(3)4)16-17-24-22-13-9-8-12-21(22)15-14-20-10-6-5-7-11-20/h8-9,12-13,18-20H,5-7,10-11,14-17H2,1-4H3. The van der Waals surface area contributed by atoms with Crippen molar-refractivity contribution in [2.75, 3.05) is 13.2 Å². The van der Waals surface area contributed by atoms with Gasteiger partial charge in [0.25, 0.3) is 0 Å². The van der Waals surface area contributed by atoms with E-state index in [1.807, 2.05) is 0 Å². The fraction of sp³-hybridized carbons (Fsp3) is 0.727. The molecule has 1 aromatic rings. The van der Waals surface area contributed by atoms with E-state index in [0.717, 1.165) is 24.8 Å². The monoisotopic (exact) mass is 331 g/mol. The summed E-state index contributed by atoms with van der Waals surface area (Å²) in [7, 11) is 0. The second-order valence-corrected chi connectivity index (χ2v) is 7.92. The quantitative estimate of drug-likeness (QED) is 0.576. The molecule has 0 atom stereocenters. The molecule has 0 bridgehead atoms. The van der Waals surface area contributed by atoms with Crippen LogP contribution in [0, 0.1) is 5.92 Å². The predicted molar refractivity (Wildman–Crippen MR) is 104 cm³/mol. The lowest BCUT2D eigenvalue weighted by molar-refractivity contribution is 0.141. The highest BCUT2D eigenvalue weighted by Gasteiger charge is 2.15. The van der Waals surface area contributed by atoms with Gasteiger partial charge in [0, 0.05) is 18.6 Å². The molecule has 0 amide bonds. The van der Waals surface area contributed by atoms with Gasteiger partial charge < -0.3 is 4.74 Å². The second-order valence-electron chi connectivity index (χ2n) is 7.92. The summed E-state index contributed by atoms with van der Waals surface area (Å²) in [5, 5.41) is 0. The Balaban J connectivity index is 1.84. The van der Waals surface area contributed by atoms with Crippen molar-refractivity contribution in [1.29, 1.82) is 0 Å². The lowest BCUT2D eigenvalue weighted by Gasteiger charge is -2.30. The van der Waals surface area contributed by atoms with Gasteiger partial charge in [-0.15, -0.1) is 0 Å². The van der Waals surface area contributed by atoms with E-state index >= 15 is 0 Å². The van der Waals surface area contributed by atoms with Crippen LogP contribution >= 0.6 is 0 Å². The van der Waals surface area contributed by atoms with Crippen LogP contribution in [0.25, 0.3) is 0 Å². The van der Waals surface area contributed by atoms with Crippen LogP contribution in [-0.2, 0) is 6.42 Å². The number of benzene rings is 1. The molecule has 0 heterocycles. The summed E-state index contributed by atoms with van der Waals surface area (Å²) >= 11 is 0. The lowest BCUT2D eigenvalue weighted by atomic mass is 9.85. The minimum Gasteiger partial charge on any atom is -0.492 e. The van der Waals surface area contributed by atoms with E-state index in [0.29, 0.717) is 12.1 Å². The molecule has 1 saturated carbocycles. The summed E-state index contributed by atoms with van der Waals surface area (Å²) in [4.78, 5) is 2.49. The average Bonchev–Trinajstić information content (AvgIpc) is 2.58. The number of hydrogen-bond acceptors (Lipinski definition) is 2. The van der Waals surface area contributed by atoms with Gasteiger partial charge in [0.2, 0.25) is 0 Å². The number of para-hydroxylation sites is 1. The molecule has 0 radical (unpaired) electrons. The smallest absolute Gasteiger partial charge is 0.122 e. The van der Waals surface area contributed by atoms with E-state index in [2.05, 4.69) is 56.9 Å². The van der Waals surface area contributed by atoms with Crippen LogP contribution in [0.4, 0.5) is 0 Å². The Kier molecular flexibility index (Phi) is 8.11. The fourth-order valence-electron chi connectivity index (χ4n) is 4.06. The zero-order chi connectivity index (χ0) is 17.4. The summed E-state index contributed by atoms with van der Waals surface area (Å²) in [6.07, 6.45) is 9.66. The molecule has 1 aromatic carbocycles. The van der Waals surface area contributed by atoms with Crippen molar-refractivity contribution >= 4 is 0 Å². The highest BCUT2D eigenvalue weighted by molar-refractivity contribution is 5.33. The summed E-state index contributed by atoms with van der Waals surface area (Å²) in [5.41, 5.74) is 1.39. The first-order chi connectivity index (χ1) is 11.6. The van der Waals surface area contributed by atoms with Gasteiger partial charge in [0.05, 0.1) is 0 Å². The van der Waals surface area contributed by atoms with Crippen LogP contribution in [0.5, 0.6) is 5.75 Å². The van der Waals surface area contributed by atoms with Gasteiger partial charge in [0.1, 0.15) is 12.4 Å². The Morgan fingerprint density at radius 2 is 1.67 bits per heavy atom. The molecule has 0 aromatic heterocycles. The molecule has 1 aliphatic carbocycles. The zero-order valence-electron chi connectivity index (χ0n) is 16.3. The van der Waals surface area contributed by atoms with Crippen LogP contribution in [0.3, 0.4) is 0 Å². The Bertz CT molecular complexity index is 455. The average molecular weight is 332 g/mol. The van der Waals surface area contributed by atoms with Crippen molar-refractivity contribution in [2.45, 2.75) is 84.7 Å². The SMILES string of the molecule is CC(C)N(CCOc1ccccc1CCC1CCCCC1)C(C)C. The molecule has 1 aliphatic rings. The molecule has 2 rings (SSSR count). The molecule has 0 spiro atoms. The number of aryl methyl sites for hydroxylation is 1. The highest BCUT2D eigenvalue weighted by Crippen LogP contribution is 2.29. The molecule has 24 heavy (non-hydrogen) atoms. The van der Waals surface area contributed by atoms with Gasteiger partial charge >= 0.3 is 0 Å². The minimum atomic E-state index is 0.565. The Morgan fingerprint density at radius 1 is 1.00 bits per heavy atom. The van der Waals surface area contributed by atoms with Gasteiger partial charge in [-0.25, -0.2) is 0 Å². The Hall–Kier alpha value is -1.02. The maximum Gasteiger partial charge on any atom is 0.122 e. The number of nitrogens with zero attached hydrogens (tertiary/aromatic N) is 1. The van der Waals surface area contributed by atoms with Crippen molar-refractivity contribution < 1.29 is 4.74 Å². The second kappa shape index (κ2) is 10.1. The molecule has 0 unspecified atom stereocenters. The third-order valence-corrected chi connectivity index (χ3v) is 5.45. The van der Waals surface area contributed by atoms with Crippen molar-refractivity contribution in [3.05, 3.63) is 29.8 Å². The van der Waals surface area contributed by atoms with Gasteiger partial charge in [-0.2, -0.15) is 0 Å². The summed E-state index contributed by atoms with van der Waals surface area (Å²) in [6, 6.07) is 9.77. The third kappa shape index (κ3) is 6.12. The first-order valence-electron chi connectivity index (χ1n) is 10.0. The summed E-state index contributed by atoms with van der Waals surface area (Å²) < 4.78 is 6.17. The first-order valence-corrected chi connectivity index (χ1v) is 10.0. The fourth-order valence-corrected chi connectivity index (χ4v) is 4.06. The molecule has 136 valence electrons. The molecular weight excluding hydrogens is 294 g/mol. The summed E-state index contributed by atoms with van der Waals surface area (Å²) in [5.74, 6) is 2.03. The molecule has 1 fully saturated rings. The van der Waals surface area contributed by atoms with Gasteiger partial charge in [-0.3, -0.25) is 4.90 Å². The van der Waals surface area contributed by atoms with E-state index in [1.165, 1.54) is 50.5 Å². The van der Waals surface area contributed by atoms with Crippen LogP contribution in [0.1, 0.15) is 71.8 Å². The normalized spacial score (nSPS) is 16.3. The van der Waals surface area contributed by atoms with Crippen molar-refractivity contribution in [2.24, 2.45) is 5.92 Å². The van der Waals surface area contributed by atoms with Crippen LogP contribution in [0.2, 0.25) is 0 Å². The molecule has 2 nitrogen and oxygen atoms in total. The van der Waals surface area contributed by atoms with Crippen LogP contribution in [0.15, 0.2) is 24.3 Å². The van der Waals surface area contributed by atoms with Gasteiger partial charge in [-0.05, 0) is 58.1 Å². The maximum atomic E-state index is 6.17. The van der Waals surface area contributed by atoms with Crippen LogP contribution in [-0.4, -0.2) is 30.1 Å². The molecule has 2 heteroatoms. The number of rotatable bonds is 9. The predicted octanol–water partition coefficient (Wildman–Crippen LogP) is 5.70. The Morgan fingerprint density at radius 3 is 2.33 bits per heavy atom. The van der Waals surface area contributed by atoms with E-state index in [1.54, 1.807) is 0 Å². The highest BCUT2D eigenvalue weighted by atomic mass is 16.5. The van der Waals surface area contributed by atoms with Crippen molar-refractivity contribution in [3.8, 4) is 5.75 Å². The number of hydrogen-bond donors (Lipinski definition) is 0. The Labute approximate surface area is 149 Å². The van der Waals surface area contributed by atoms with Gasteiger partial charge in [0.15, 0.2) is 0 Å². The van der Waals surface area contributed by atoms with E-state index in [4.69, 9.17) is 4.74 Å². The minimum absolute atomic E-state index is 0.565. The van der Waals surface area contributed by atoms with E-state index < -0.39 is 0 Å². The topological polar surface area (TPSA) is 12.5 Å². The zero-order valence-corrected chi connectivity index (χ0v) is 16.3.